The second-order valence-corrected chi connectivity index (χ2v) is 7.14. The lowest BCUT2D eigenvalue weighted by Crippen LogP contribution is -2.42. The van der Waals surface area contributed by atoms with Gasteiger partial charge >= 0.3 is 5.97 Å². The van der Waals surface area contributed by atoms with E-state index in [1.54, 1.807) is 11.8 Å². The van der Waals surface area contributed by atoms with E-state index < -0.39 is 0 Å². The van der Waals surface area contributed by atoms with Crippen LogP contribution in [0, 0.1) is 17.8 Å². The van der Waals surface area contributed by atoms with Gasteiger partial charge in [-0.3, -0.25) is 24.1 Å². The number of carbonyl (C=O) groups excluding carboxylic acids is 4. The molecule has 2 fully saturated rings. The van der Waals surface area contributed by atoms with E-state index in [1.807, 2.05) is 12.2 Å². The molecule has 0 N–H and O–H groups in total. The monoisotopic (exact) mass is 362 g/mol. The van der Waals surface area contributed by atoms with E-state index in [-0.39, 0.29) is 54.4 Å². The Morgan fingerprint density at radius 1 is 1.08 bits per heavy atom. The highest BCUT2D eigenvalue weighted by Crippen LogP contribution is 2.35. The van der Waals surface area contributed by atoms with Gasteiger partial charge in [0, 0.05) is 26.1 Å². The number of hydrogen-bond donors (Lipinski definition) is 0. The molecule has 0 bridgehead atoms. The number of imide groups is 1. The third-order valence-corrected chi connectivity index (χ3v) is 5.62. The first-order valence-electron chi connectivity index (χ1n) is 9.47. The maximum absolute atomic E-state index is 12.4. The second kappa shape index (κ2) is 8.01. The van der Waals surface area contributed by atoms with Crippen molar-refractivity contribution in [1.29, 1.82) is 0 Å². The molecule has 3 rings (SSSR count). The van der Waals surface area contributed by atoms with Crippen molar-refractivity contribution in [3.8, 4) is 0 Å². The number of likely N-dealkylation sites (tertiary alicyclic amines) is 2. The van der Waals surface area contributed by atoms with E-state index in [2.05, 4.69) is 0 Å². The van der Waals surface area contributed by atoms with Gasteiger partial charge in [0.2, 0.25) is 17.7 Å². The summed E-state index contributed by atoms with van der Waals surface area (Å²) in [4.78, 5) is 52.0. The van der Waals surface area contributed by atoms with Gasteiger partial charge < -0.3 is 9.64 Å². The lowest BCUT2D eigenvalue weighted by atomic mass is 9.85. The van der Waals surface area contributed by atoms with Crippen LogP contribution in [-0.2, 0) is 23.9 Å². The molecule has 0 saturated carbocycles. The smallest absolute Gasteiger partial charge is 0.309 e. The van der Waals surface area contributed by atoms with Crippen molar-refractivity contribution >= 4 is 23.7 Å². The van der Waals surface area contributed by atoms with Crippen molar-refractivity contribution in [3.63, 3.8) is 0 Å². The van der Waals surface area contributed by atoms with Crippen molar-refractivity contribution in [3.05, 3.63) is 12.2 Å². The molecule has 3 aliphatic rings. The average molecular weight is 362 g/mol. The normalized spacial score (nSPS) is 26.2. The molecule has 0 aromatic rings. The van der Waals surface area contributed by atoms with E-state index in [9.17, 15) is 19.2 Å². The fraction of sp³-hybridized carbons (Fsp3) is 0.684. The number of rotatable bonds is 5. The summed E-state index contributed by atoms with van der Waals surface area (Å²) in [6, 6.07) is 0. The Morgan fingerprint density at radius 2 is 1.65 bits per heavy atom. The van der Waals surface area contributed by atoms with Crippen LogP contribution in [0.5, 0.6) is 0 Å². The van der Waals surface area contributed by atoms with Gasteiger partial charge in [0.1, 0.15) is 0 Å². The first kappa shape index (κ1) is 18.6. The SMILES string of the molecule is CCOC(=O)C1CCN(C(=O)CCN2C(=O)[C@H]3CC=CC[C@@H]3C2=O)CC1. The van der Waals surface area contributed by atoms with Crippen molar-refractivity contribution in [2.75, 3.05) is 26.2 Å². The fourth-order valence-electron chi connectivity index (χ4n) is 4.08. The Hall–Kier alpha value is -2.18. The third-order valence-electron chi connectivity index (χ3n) is 5.62. The summed E-state index contributed by atoms with van der Waals surface area (Å²) >= 11 is 0. The second-order valence-electron chi connectivity index (χ2n) is 7.14. The topological polar surface area (TPSA) is 84.0 Å². The quantitative estimate of drug-likeness (QED) is 0.416. The summed E-state index contributed by atoms with van der Waals surface area (Å²) in [7, 11) is 0. The zero-order valence-electron chi connectivity index (χ0n) is 15.2. The maximum Gasteiger partial charge on any atom is 0.309 e. The molecule has 2 aliphatic heterocycles. The van der Waals surface area contributed by atoms with Crippen LogP contribution in [0.25, 0.3) is 0 Å². The summed E-state index contributed by atoms with van der Waals surface area (Å²) < 4.78 is 5.03. The highest BCUT2D eigenvalue weighted by molar-refractivity contribution is 6.05. The standard InChI is InChI=1S/C19H26N2O5/c1-2-26-19(25)13-7-10-20(11-8-13)16(22)9-12-21-17(23)14-5-3-4-6-15(14)18(21)24/h3-4,13-15H,2,5-12H2,1H3/t14-,15-/m0/s1. The summed E-state index contributed by atoms with van der Waals surface area (Å²) in [6.07, 6.45) is 6.48. The van der Waals surface area contributed by atoms with E-state index in [1.165, 1.54) is 4.90 Å². The van der Waals surface area contributed by atoms with Crippen LogP contribution in [0.3, 0.4) is 0 Å². The van der Waals surface area contributed by atoms with E-state index in [4.69, 9.17) is 4.74 Å². The van der Waals surface area contributed by atoms with Crippen LogP contribution < -0.4 is 0 Å². The van der Waals surface area contributed by atoms with E-state index >= 15 is 0 Å². The summed E-state index contributed by atoms with van der Waals surface area (Å²) in [6.45, 7) is 3.33. The molecule has 0 aromatic heterocycles. The van der Waals surface area contributed by atoms with Crippen LogP contribution in [0.15, 0.2) is 12.2 Å². The summed E-state index contributed by atoms with van der Waals surface area (Å²) in [5.74, 6) is -1.18. The number of esters is 1. The van der Waals surface area contributed by atoms with Crippen molar-refractivity contribution in [1.82, 2.24) is 9.80 Å². The van der Waals surface area contributed by atoms with Gasteiger partial charge in [0.05, 0.1) is 24.4 Å². The van der Waals surface area contributed by atoms with Gasteiger partial charge in [-0.1, -0.05) is 12.2 Å². The number of hydrogen-bond acceptors (Lipinski definition) is 5. The largest absolute Gasteiger partial charge is 0.466 e. The van der Waals surface area contributed by atoms with Crippen LogP contribution in [0.2, 0.25) is 0 Å². The number of amides is 3. The highest BCUT2D eigenvalue weighted by atomic mass is 16.5. The molecule has 2 atom stereocenters. The molecule has 2 saturated heterocycles. The van der Waals surface area contributed by atoms with Crippen LogP contribution in [-0.4, -0.2) is 59.7 Å². The number of allylic oxidation sites excluding steroid dienone is 2. The fourth-order valence-corrected chi connectivity index (χ4v) is 4.08. The minimum absolute atomic E-state index is 0.0686. The van der Waals surface area contributed by atoms with Crippen LogP contribution in [0.1, 0.15) is 39.0 Å². The Bertz CT molecular complexity index is 595. The minimum atomic E-state index is -0.247. The molecule has 2 heterocycles. The maximum atomic E-state index is 12.4. The minimum Gasteiger partial charge on any atom is -0.466 e. The number of nitrogens with zero attached hydrogens (tertiary/aromatic N) is 2. The molecule has 0 unspecified atom stereocenters. The van der Waals surface area contributed by atoms with Gasteiger partial charge in [-0.2, -0.15) is 0 Å². The molecule has 1 aliphatic carbocycles. The highest BCUT2D eigenvalue weighted by Gasteiger charge is 2.47. The Balaban J connectivity index is 1.47. The molecule has 0 spiro atoms. The average Bonchev–Trinajstić information content (AvgIpc) is 2.91. The third kappa shape index (κ3) is 3.66. The molecule has 0 aromatic carbocycles. The summed E-state index contributed by atoms with van der Waals surface area (Å²) in [5, 5.41) is 0. The molecule has 7 heteroatoms. The molecule has 26 heavy (non-hydrogen) atoms. The molecule has 0 radical (unpaired) electrons. The van der Waals surface area contributed by atoms with Gasteiger partial charge in [-0.15, -0.1) is 0 Å². The molecule has 142 valence electrons. The Morgan fingerprint density at radius 3 is 2.19 bits per heavy atom. The first-order chi connectivity index (χ1) is 12.5. The number of fused-ring (bicyclic) bond motifs is 1. The van der Waals surface area contributed by atoms with Crippen molar-refractivity contribution in [2.24, 2.45) is 17.8 Å². The van der Waals surface area contributed by atoms with Gasteiger partial charge in [0.25, 0.3) is 0 Å². The number of piperidine rings is 1. The Labute approximate surface area is 153 Å². The predicted molar refractivity (Wildman–Crippen MR) is 92.6 cm³/mol. The number of ether oxygens (including phenoxy) is 1. The Kier molecular flexibility index (Phi) is 5.74. The van der Waals surface area contributed by atoms with Crippen LogP contribution in [0.4, 0.5) is 0 Å². The first-order valence-corrected chi connectivity index (χ1v) is 9.47. The predicted octanol–water partition coefficient (Wildman–Crippen LogP) is 1.13. The van der Waals surface area contributed by atoms with Crippen LogP contribution >= 0.6 is 0 Å². The summed E-state index contributed by atoms with van der Waals surface area (Å²) in [5.41, 5.74) is 0. The van der Waals surface area contributed by atoms with Gasteiger partial charge in [-0.05, 0) is 32.6 Å². The molecule has 3 amide bonds. The zero-order chi connectivity index (χ0) is 18.7. The molecular weight excluding hydrogens is 336 g/mol. The van der Waals surface area contributed by atoms with Crippen molar-refractivity contribution in [2.45, 2.75) is 39.0 Å². The van der Waals surface area contributed by atoms with Crippen molar-refractivity contribution < 1.29 is 23.9 Å². The molecule has 7 nitrogen and oxygen atoms in total. The van der Waals surface area contributed by atoms with Gasteiger partial charge in [0.15, 0.2) is 0 Å². The lowest BCUT2D eigenvalue weighted by Gasteiger charge is -2.31. The van der Waals surface area contributed by atoms with E-state index in [0.29, 0.717) is 45.4 Å². The molecular formula is C19H26N2O5. The number of carbonyl (C=O) groups is 4. The lowest BCUT2D eigenvalue weighted by molar-refractivity contribution is -0.151. The van der Waals surface area contributed by atoms with Gasteiger partial charge in [-0.25, -0.2) is 0 Å². The zero-order valence-corrected chi connectivity index (χ0v) is 15.2. The van der Waals surface area contributed by atoms with E-state index in [0.717, 1.165) is 0 Å².